The van der Waals surface area contributed by atoms with E-state index in [1.165, 1.54) is 0 Å². The largest absolute Gasteiger partial charge is 0.546 e. The molecule has 1 unspecified atom stereocenters. The number of carboxylic acid groups (broad SMARTS) is 1. The quantitative estimate of drug-likeness (QED) is 0.737. The minimum atomic E-state index is -0.956. The summed E-state index contributed by atoms with van der Waals surface area (Å²) in [5, 5.41) is 14.1. The average molecular weight is 312 g/mol. The predicted octanol–water partition coefficient (Wildman–Crippen LogP) is 3.97. The highest BCUT2D eigenvalue weighted by atomic mass is 79.9. The molecule has 1 N–H and O–H groups in total. The van der Waals surface area contributed by atoms with Crippen LogP contribution in [-0.2, 0) is 0 Å². The fourth-order valence-electron chi connectivity index (χ4n) is 2.36. The third-order valence-electron chi connectivity index (χ3n) is 3.24. The van der Waals surface area contributed by atoms with Crippen molar-refractivity contribution in [1.29, 1.82) is 0 Å². The predicted molar refractivity (Wildman–Crippen MR) is 75.9 cm³/mol. The van der Waals surface area contributed by atoms with Crippen molar-refractivity contribution in [3.05, 3.63) is 28.2 Å². The Hall–Kier alpha value is -1.20. The Labute approximate surface area is 115 Å². The van der Waals surface area contributed by atoms with E-state index < -0.39 is 16.2 Å². The van der Waals surface area contributed by atoms with Crippen LogP contribution in [0.2, 0.25) is 0 Å². The first-order valence-electron chi connectivity index (χ1n) is 5.70. The van der Waals surface area contributed by atoms with E-state index in [0.717, 1.165) is 21.4 Å². The van der Waals surface area contributed by atoms with Gasteiger partial charge in [0.15, 0.2) is 5.69 Å². The third kappa shape index (κ3) is 1.61. The van der Waals surface area contributed by atoms with Gasteiger partial charge in [0.25, 0.3) is 0 Å². The first-order chi connectivity index (χ1) is 8.20. The molecule has 0 aliphatic carbocycles. The topological polar surface area (TPSA) is 49.7 Å². The minimum Gasteiger partial charge on any atom is -0.433 e. The minimum absolute atomic E-state index is 0.401. The molecule has 0 saturated heterocycles. The SMILES string of the molecule is CC1=N[N+](C(=O)O)(C(C)(C)C)c2ccc(Br)cc21. The molecular weight excluding hydrogens is 296 g/mol. The van der Waals surface area contributed by atoms with E-state index in [4.69, 9.17) is 0 Å². The van der Waals surface area contributed by atoms with Crippen molar-refractivity contribution < 1.29 is 9.90 Å². The Bertz CT molecular complexity index is 561. The standard InChI is InChI=1S/C13H15BrN2O2/c1-8-10-7-9(14)5-6-11(10)16(15-8,12(17)18)13(2,3)4/h5-7H,1-4H3/p+1. The highest BCUT2D eigenvalue weighted by Gasteiger charge is 2.56. The molecule has 1 atom stereocenters. The number of carbonyl (C=O) groups is 1. The zero-order valence-electron chi connectivity index (χ0n) is 10.9. The number of nitrogens with zero attached hydrogens (tertiary/aromatic N) is 2. The van der Waals surface area contributed by atoms with Crippen LogP contribution < -0.4 is 4.59 Å². The Balaban J connectivity index is 2.80. The van der Waals surface area contributed by atoms with E-state index >= 15 is 0 Å². The zero-order valence-corrected chi connectivity index (χ0v) is 12.4. The van der Waals surface area contributed by atoms with E-state index in [1.54, 1.807) is 0 Å². The Morgan fingerprint density at radius 3 is 2.50 bits per heavy atom. The van der Waals surface area contributed by atoms with Gasteiger partial charge in [-0.1, -0.05) is 25.6 Å². The summed E-state index contributed by atoms with van der Waals surface area (Å²) < 4.78 is 0.525. The second-order valence-electron chi connectivity index (χ2n) is 5.44. The molecule has 0 radical (unpaired) electrons. The Morgan fingerprint density at radius 2 is 2.00 bits per heavy atom. The van der Waals surface area contributed by atoms with Crippen molar-refractivity contribution in [3.63, 3.8) is 0 Å². The number of halogens is 1. The number of hydrogen-bond donors (Lipinski definition) is 1. The smallest absolute Gasteiger partial charge is 0.433 e. The number of quaternary nitrogens is 1. The summed E-state index contributed by atoms with van der Waals surface area (Å²) in [6.45, 7) is 7.50. The van der Waals surface area contributed by atoms with Crippen LogP contribution in [0.5, 0.6) is 0 Å². The van der Waals surface area contributed by atoms with Crippen LogP contribution in [0.1, 0.15) is 33.3 Å². The second-order valence-corrected chi connectivity index (χ2v) is 6.35. The molecule has 1 heterocycles. The highest BCUT2D eigenvalue weighted by Crippen LogP contribution is 2.42. The normalized spacial score (nSPS) is 22.6. The lowest BCUT2D eigenvalue weighted by atomic mass is 10.0. The Morgan fingerprint density at radius 1 is 1.39 bits per heavy atom. The van der Waals surface area contributed by atoms with E-state index in [1.807, 2.05) is 45.9 Å². The summed E-state index contributed by atoms with van der Waals surface area (Å²) in [4.78, 5) is 11.8. The molecule has 2 rings (SSSR count). The first kappa shape index (κ1) is 13.2. The zero-order chi connectivity index (χ0) is 13.7. The number of fused-ring (bicyclic) bond motifs is 1. The van der Waals surface area contributed by atoms with Crippen molar-refractivity contribution in [2.45, 2.75) is 33.2 Å². The molecule has 0 spiro atoms. The van der Waals surface area contributed by atoms with Gasteiger partial charge in [-0.3, -0.25) is 0 Å². The summed E-state index contributed by atoms with van der Waals surface area (Å²) in [6.07, 6.45) is -0.956. The molecule has 1 amide bonds. The van der Waals surface area contributed by atoms with Gasteiger partial charge in [0, 0.05) is 10.5 Å². The first-order valence-corrected chi connectivity index (χ1v) is 6.49. The summed E-state index contributed by atoms with van der Waals surface area (Å²) in [5.41, 5.74) is 1.81. The van der Waals surface area contributed by atoms with Crippen LogP contribution in [0.25, 0.3) is 0 Å². The van der Waals surface area contributed by atoms with Gasteiger partial charge < -0.3 is 5.11 Å². The maximum atomic E-state index is 11.8. The number of rotatable bonds is 0. The number of benzene rings is 1. The van der Waals surface area contributed by atoms with Crippen LogP contribution in [0.3, 0.4) is 0 Å². The summed E-state index contributed by atoms with van der Waals surface area (Å²) in [5.74, 6) is 0. The Kier molecular flexibility index (Phi) is 2.87. The molecule has 1 aromatic rings. The van der Waals surface area contributed by atoms with Gasteiger partial charge in [-0.05, 0) is 39.8 Å². The van der Waals surface area contributed by atoms with Gasteiger partial charge >= 0.3 is 6.09 Å². The highest BCUT2D eigenvalue weighted by molar-refractivity contribution is 9.10. The van der Waals surface area contributed by atoms with E-state index in [9.17, 15) is 9.90 Å². The lowest BCUT2D eigenvalue weighted by molar-refractivity contribution is 0.107. The fourth-order valence-corrected chi connectivity index (χ4v) is 2.72. The average Bonchev–Trinajstić information content (AvgIpc) is 2.52. The molecule has 1 aliphatic heterocycles. The fraction of sp³-hybridized carbons (Fsp3) is 0.385. The van der Waals surface area contributed by atoms with Crippen LogP contribution in [0.15, 0.2) is 27.8 Å². The molecule has 1 aromatic carbocycles. The van der Waals surface area contributed by atoms with E-state index in [2.05, 4.69) is 21.0 Å². The van der Waals surface area contributed by atoms with Crippen molar-refractivity contribution in [1.82, 2.24) is 4.59 Å². The summed E-state index contributed by atoms with van der Waals surface area (Å²) in [7, 11) is 0. The molecule has 0 fully saturated rings. The monoisotopic (exact) mass is 311 g/mol. The second kappa shape index (κ2) is 3.90. The van der Waals surface area contributed by atoms with Gasteiger partial charge in [-0.25, -0.2) is 0 Å². The van der Waals surface area contributed by atoms with Gasteiger partial charge in [-0.2, -0.15) is 4.79 Å². The number of hydrogen-bond acceptors (Lipinski definition) is 2. The molecular formula is C13H16BrN2O2+. The van der Waals surface area contributed by atoms with Gasteiger partial charge in [0.2, 0.25) is 0 Å². The molecule has 0 aromatic heterocycles. The van der Waals surface area contributed by atoms with Crippen molar-refractivity contribution in [2.75, 3.05) is 0 Å². The molecule has 96 valence electrons. The van der Waals surface area contributed by atoms with Crippen LogP contribution in [0, 0.1) is 0 Å². The van der Waals surface area contributed by atoms with Gasteiger partial charge in [-0.15, -0.1) is 0 Å². The van der Waals surface area contributed by atoms with Crippen LogP contribution in [-0.4, -0.2) is 22.5 Å². The molecule has 5 heteroatoms. The van der Waals surface area contributed by atoms with Crippen molar-refractivity contribution >= 4 is 33.4 Å². The van der Waals surface area contributed by atoms with Crippen LogP contribution in [0.4, 0.5) is 10.5 Å². The molecule has 0 saturated carbocycles. The molecule has 0 bridgehead atoms. The van der Waals surface area contributed by atoms with E-state index in [0.29, 0.717) is 0 Å². The van der Waals surface area contributed by atoms with Gasteiger partial charge in [0.1, 0.15) is 11.3 Å². The molecule has 4 nitrogen and oxygen atoms in total. The van der Waals surface area contributed by atoms with Crippen molar-refractivity contribution in [3.8, 4) is 0 Å². The number of amides is 1. The third-order valence-corrected chi connectivity index (χ3v) is 3.74. The summed E-state index contributed by atoms with van der Waals surface area (Å²) >= 11 is 3.41. The molecule has 18 heavy (non-hydrogen) atoms. The van der Waals surface area contributed by atoms with Crippen LogP contribution >= 0.6 is 15.9 Å². The summed E-state index contributed by atoms with van der Waals surface area (Å²) in [6, 6.07) is 5.61. The van der Waals surface area contributed by atoms with Crippen molar-refractivity contribution in [2.24, 2.45) is 5.10 Å². The maximum absolute atomic E-state index is 11.8. The lowest BCUT2D eigenvalue weighted by Crippen LogP contribution is -2.60. The lowest BCUT2D eigenvalue weighted by Gasteiger charge is -2.35. The maximum Gasteiger partial charge on any atom is 0.546 e. The molecule has 1 aliphatic rings. The van der Waals surface area contributed by atoms with E-state index in [-0.39, 0.29) is 0 Å². The van der Waals surface area contributed by atoms with Gasteiger partial charge in [0.05, 0.1) is 5.56 Å².